The molecule has 2 fully saturated rings. The molecule has 0 saturated carbocycles. The van der Waals surface area contributed by atoms with Gasteiger partial charge in [-0.2, -0.15) is 0 Å². The van der Waals surface area contributed by atoms with Crippen molar-refractivity contribution in [2.75, 3.05) is 33.9 Å². The van der Waals surface area contributed by atoms with E-state index in [0.717, 1.165) is 29.2 Å². The van der Waals surface area contributed by atoms with Crippen LogP contribution in [0.1, 0.15) is 31.2 Å². The summed E-state index contributed by atoms with van der Waals surface area (Å²) in [5.74, 6) is 0.863. The standard InChI is InChI=1S/C26H29ClN2O5/c1-28-23(30)14-26(25(28)32,21-7-3-4-8-22(21)27)15-24(31)29-13-5-6-18(16-29)17-34-20-11-9-19(33-2)10-12-20/h3-4,7-12,18H,5-6,13-17H2,1-2H3. The SMILES string of the molecule is COc1ccc(OCC2CCCN(C(=O)CC3(c4ccccc4Cl)CC(=O)N(C)C3=O)C2)cc1. The van der Waals surface area contributed by atoms with Crippen LogP contribution < -0.4 is 9.47 Å². The maximum Gasteiger partial charge on any atom is 0.240 e. The Morgan fingerprint density at radius 1 is 1.12 bits per heavy atom. The van der Waals surface area contributed by atoms with E-state index in [4.69, 9.17) is 21.1 Å². The van der Waals surface area contributed by atoms with E-state index >= 15 is 0 Å². The van der Waals surface area contributed by atoms with Crippen molar-refractivity contribution in [2.24, 2.45) is 5.92 Å². The Hall–Kier alpha value is -3.06. The second-order valence-electron chi connectivity index (χ2n) is 9.01. The highest BCUT2D eigenvalue weighted by atomic mass is 35.5. The van der Waals surface area contributed by atoms with E-state index in [1.165, 1.54) is 7.05 Å². The van der Waals surface area contributed by atoms with Crippen molar-refractivity contribution in [1.82, 2.24) is 9.80 Å². The number of hydrogen-bond donors (Lipinski definition) is 0. The Morgan fingerprint density at radius 2 is 1.82 bits per heavy atom. The van der Waals surface area contributed by atoms with E-state index in [-0.39, 0.29) is 36.5 Å². The molecule has 0 aliphatic carbocycles. The summed E-state index contributed by atoms with van der Waals surface area (Å²) in [5, 5.41) is 0.385. The van der Waals surface area contributed by atoms with E-state index in [1.54, 1.807) is 36.3 Å². The number of piperidine rings is 1. The quantitative estimate of drug-likeness (QED) is 0.560. The minimum Gasteiger partial charge on any atom is -0.497 e. The molecule has 2 aliphatic heterocycles. The van der Waals surface area contributed by atoms with Crippen LogP contribution in [0.3, 0.4) is 0 Å². The number of carbonyl (C=O) groups is 3. The van der Waals surface area contributed by atoms with Crippen LogP contribution in [0.2, 0.25) is 5.02 Å². The summed E-state index contributed by atoms with van der Waals surface area (Å²) >= 11 is 6.43. The van der Waals surface area contributed by atoms with Gasteiger partial charge in [-0.3, -0.25) is 19.3 Å². The zero-order chi connectivity index (χ0) is 24.3. The Labute approximate surface area is 204 Å². The molecule has 2 aromatic carbocycles. The Bertz CT molecular complexity index is 1070. The van der Waals surface area contributed by atoms with Gasteiger partial charge in [0.2, 0.25) is 17.7 Å². The fourth-order valence-corrected chi connectivity index (χ4v) is 5.18. The molecule has 7 nitrogen and oxygen atoms in total. The minimum atomic E-state index is -1.27. The first-order valence-electron chi connectivity index (χ1n) is 11.4. The number of carbonyl (C=O) groups excluding carboxylic acids is 3. The smallest absolute Gasteiger partial charge is 0.240 e. The molecule has 0 spiro atoms. The molecule has 2 heterocycles. The average Bonchev–Trinajstić information content (AvgIpc) is 3.07. The van der Waals surface area contributed by atoms with Crippen LogP contribution in [0.5, 0.6) is 11.5 Å². The third-order valence-electron chi connectivity index (χ3n) is 6.80. The highest BCUT2D eigenvalue weighted by Crippen LogP contribution is 2.43. The van der Waals surface area contributed by atoms with Gasteiger partial charge < -0.3 is 14.4 Å². The zero-order valence-corrected chi connectivity index (χ0v) is 20.2. The number of methoxy groups -OCH3 is 1. The second-order valence-corrected chi connectivity index (χ2v) is 9.42. The third-order valence-corrected chi connectivity index (χ3v) is 7.13. The summed E-state index contributed by atoms with van der Waals surface area (Å²) in [6.07, 6.45) is 1.66. The van der Waals surface area contributed by atoms with Gasteiger partial charge in [0.25, 0.3) is 0 Å². The fraction of sp³-hybridized carbons (Fsp3) is 0.423. The average molecular weight is 485 g/mol. The van der Waals surface area contributed by atoms with E-state index < -0.39 is 5.41 Å². The number of benzene rings is 2. The lowest BCUT2D eigenvalue weighted by atomic mass is 9.75. The Morgan fingerprint density at radius 3 is 2.47 bits per heavy atom. The monoisotopic (exact) mass is 484 g/mol. The lowest BCUT2D eigenvalue weighted by molar-refractivity contribution is -0.142. The molecule has 0 radical (unpaired) electrons. The Kier molecular flexibility index (Phi) is 7.12. The molecule has 180 valence electrons. The number of hydrogen-bond acceptors (Lipinski definition) is 5. The number of halogens is 1. The predicted octanol–water partition coefficient (Wildman–Crippen LogP) is 3.68. The number of likely N-dealkylation sites (tertiary alicyclic amines) is 2. The summed E-state index contributed by atoms with van der Waals surface area (Å²) in [4.78, 5) is 42.0. The maximum absolute atomic E-state index is 13.4. The topological polar surface area (TPSA) is 76.2 Å². The lowest BCUT2D eigenvalue weighted by Crippen LogP contribution is -2.46. The van der Waals surface area contributed by atoms with Crippen LogP contribution in [0.4, 0.5) is 0 Å². The van der Waals surface area contributed by atoms with E-state index in [0.29, 0.717) is 30.3 Å². The van der Waals surface area contributed by atoms with Crippen LogP contribution in [0, 0.1) is 5.92 Å². The number of imide groups is 1. The van der Waals surface area contributed by atoms with E-state index in [1.807, 2.05) is 24.3 Å². The summed E-state index contributed by atoms with van der Waals surface area (Å²) in [6, 6.07) is 14.4. The first-order valence-corrected chi connectivity index (χ1v) is 11.8. The van der Waals surface area contributed by atoms with Crippen LogP contribution in [0.15, 0.2) is 48.5 Å². The van der Waals surface area contributed by atoms with Gasteiger partial charge in [0.15, 0.2) is 0 Å². The van der Waals surface area contributed by atoms with Crippen molar-refractivity contribution in [1.29, 1.82) is 0 Å². The number of likely N-dealkylation sites (N-methyl/N-ethyl adjacent to an activating group) is 1. The van der Waals surface area contributed by atoms with Gasteiger partial charge in [0, 0.05) is 43.9 Å². The lowest BCUT2D eigenvalue weighted by Gasteiger charge is -2.35. The van der Waals surface area contributed by atoms with Crippen LogP contribution in [-0.4, -0.2) is 61.4 Å². The first-order chi connectivity index (χ1) is 16.3. The summed E-state index contributed by atoms with van der Waals surface area (Å²) in [7, 11) is 3.08. The molecule has 0 N–H and O–H groups in total. The normalized spacial score (nSPS) is 22.7. The molecule has 34 heavy (non-hydrogen) atoms. The van der Waals surface area contributed by atoms with Gasteiger partial charge in [-0.1, -0.05) is 29.8 Å². The largest absolute Gasteiger partial charge is 0.497 e. The molecule has 4 rings (SSSR count). The Balaban J connectivity index is 1.46. The van der Waals surface area contributed by atoms with Crippen molar-refractivity contribution >= 4 is 29.3 Å². The van der Waals surface area contributed by atoms with Crippen molar-refractivity contribution < 1.29 is 23.9 Å². The maximum atomic E-state index is 13.4. The van der Waals surface area contributed by atoms with Crippen LogP contribution in [0.25, 0.3) is 0 Å². The second kappa shape index (κ2) is 10.1. The summed E-state index contributed by atoms with van der Waals surface area (Å²) in [6.45, 7) is 1.66. The van der Waals surface area contributed by atoms with Gasteiger partial charge in [0.1, 0.15) is 11.5 Å². The van der Waals surface area contributed by atoms with Crippen molar-refractivity contribution in [2.45, 2.75) is 31.1 Å². The molecule has 2 atom stereocenters. The highest BCUT2D eigenvalue weighted by Gasteiger charge is 2.53. The molecule has 3 amide bonds. The molecular weight excluding hydrogens is 456 g/mol. The fourth-order valence-electron chi connectivity index (χ4n) is 4.86. The molecule has 0 aromatic heterocycles. The number of amides is 3. The van der Waals surface area contributed by atoms with Crippen molar-refractivity contribution in [3.63, 3.8) is 0 Å². The third kappa shape index (κ3) is 4.75. The predicted molar refractivity (Wildman–Crippen MR) is 128 cm³/mol. The molecule has 2 aromatic rings. The van der Waals surface area contributed by atoms with Crippen molar-refractivity contribution in [3.8, 4) is 11.5 Å². The molecular formula is C26H29ClN2O5. The number of nitrogens with zero attached hydrogens (tertiary/aromatic N) is 2. The first kappa shape index (κ1) is 24.1. The van der Waals surface area contributed by atoms with Gasteiger partial charge in [0.05, 0.1) is 19.1 Å². The number of ether oxygens (including phenoxy) is 2. The van der Waals surface area contributed by atoms with Crippen LogP contribution >= 0.6 is 11.6 Å². The van der Waals surface area contributed by atoms with Gasteiger partial charge in [-0.05, 0) is 48.7 Å². The molecule has 2 unspecified atom stereocenters. The number of rotatable bonds is 7. The van der Waals surface area contributed by atoms with Gasteiger partial charge >= 0.3 is 0 Å². The van der Waals surface area contributed by atoms with E-state index in [9.17, 15) is 14.4 Å². The molecule has 8 heteroatoms. The summed E-state index contributed by atoms with van der Waals surface area (Å²) in [5.41, 5.74) is -0.738. The summed E-state index contributed by atoms with van der Waals surface area (Å²) < 4.78 is 11.1. The molecule has 2 saturated heterocycles. The van der Waals surface area contributed by atoms with Crippen LogP contribution in [-0.2, 0) is 19.8 Å². The molecule has 0 bridgehead atoms. The van der Waals surface area contributed by atoms with E-state index in [2.05, 4.69) is 0 Å². The van der Waals surface area contributed by atoms with Gasteiger partial charge in [-0.15, -0.1) is 0 Å². The highest BCUT2D eigenvalue weighted by molar-refractivity contribution is 6.32. The molecule has 2 aliphatic rings. The zero-order valence-electron chi connectivity index (χ0n) is 19.5. The minimum absolute atomic E-state index is 0.0599. The van der Waals surface area contributed by atoms with Gasteiger partial charge in [-0.25, -0.2) is 0 Å². The van der Waals surface area contributed by atoms with Crippen molar-refractivity contribution in [3.05, 3.63) is 59.1 Å².